The maximum Gasteiger partial charge on any atom is 0.194 e. The Morgan fingerprint density at radius 2 is 1.94 bits per heavy atom. The predicted octanol–water partition coefficient (Wildman–Crippen LogP) is 2.97. The van der Waals surface area contributed by atoms with Crippen LogP contribution >= 0.6 is 11.6 Å². The van der Waals surface area contributed by atoms with Gasteiger partial charge in [-0.2, -0.15) is 5.10 Å². The van der Waals surface area contributed by atoms with E-state index in [4.69, 9.17) is 21.8 Å². The fourth-order valence-electron chi connectivity index (χ4n) is 1.79. The predicted molar refractivity (Wildman–Crippen MR) is 68.9 cm³/mol. The molecule has 0 unspecified atom stereocenters. The van der Waals surface area contributed by atoms with E-state index in [1.165, 1.54) is 0 Å². The SMILES string of the molecule is Nc1n[nH]c(-c2ccc(Cl)o2)c1-c1ccncc1. The lowest BCUT2D eigenvalue weighted by molar-refractivity contribution is 0.582. The largest absolute Gasteiger partial charge is 0.443 e. The highest BCUT2D eigenvalue weighted by Crippen LogP contribution is 2.35. The topological polar surface area (TPSA) is 80.7 Å². The van der Waals surface area contributed by atoms with Gasteiger partial charge in [-0.1, -0.05) is 0 Å². The number of rotatable bonds is 2. The number of pyridine rings is 1. The molecule has 0 radical (unpaired) electrons. The number of nitrogens with one attached hydrogen (secondary N) is 1. The summed E-state index contributed by atoms with van der Waals surface area (Å²) in [6.45, 7) is 0. The van der Waals surface area contributed by atoms with E-state index in [2.05, 4.69) is 15.2 Å². The van der Waals surface area contributed by atoms with Gasteiger partial charge in [-0.05, 0) is 41.4 Å². The van der Waals surface area contributed by atoms with Crippen LogP contribution in [-0.2, 0) is 0 Å². The average Bonchev–Trinajstić information content (AvgIpc) is 2.96. The molecule has 3 aromatic heterocycles. The molecule has 6 heteroatoms. The van der Waals surface area contributed by atoms with Gasteiger partial charge < -0.3 is 10.2 Å². The number of aromatic amines is 1. The van der Waals surface area contributed by atoms with Crippen molar-refractivity contribution in [2.24, 2.45) is 0 Å². The van der Waals surface area contributed by atoms with E-state index in [1.807, 2.05) is 12.1 Å². The third kappa shape index (κ3) is 1.74. The normalized spacial score (nSPS) is 10.7. The molecule has 0 bridgehead atoms. The Hall–Kier alpha value is -2.27. The van der Waals surface area contributed by atoms with E-state index >= 15 is 0 Å². The number of H-pyrrole nitrogens is 1. The first-order chi connectivity index (χ1) is 8.75. The Bertz CT molecular complexity index is 674. The molecular weight excluding hydrogens is 252 g/mol. The zero-order chi connectivity index (χ0) is 12.5. The molecule has 5 nitrogen and oxygen atoms in total. The highest BCUT2D eigenvalue weighted by Gasteiger charge is 2.17. The van der Waals surface area contributed by atoms with Crippen molar-refractivity contribution in [2.45, 2.75) is 0 Å². The summed E-state index contributed by atoms with van der Waals surface area (Å²) >= 11 is 5.77. The van der Waals surface area contributed by atoms with Gasteiger partial charge in [-0.25, -0.2) is 0 Å². The molecule has 0 amide bonds. The van der Waals surface area contributed by atoms with Gasteiger partial charge in [-0.15, -0.1) is 0 Å². The van der Waals surface area contributed by atoms with E-state index in [9.17, 15) is 0 Å². The number of furan rings is 1. The smallest absolute Gasteiger partial charge is 0.194 e. The van der Waals surface area contributed by atoms with Crippen molar-refractivity contribution in [3.8, 4) is 22.6 Å². The summed E-state index contributed by atoms with van der Waals surface area (Å²) in [5.74, 6) is 1.000. The van der Waals surface area contributed by atoms with Crippen molar-refractivity contribution < 1.29 is 4.42 Å². The number of halogens is 1. The first-order valence-corrected chi connectivity index (χ1v) is 5.63. The summed E-state index contributed by atoms with van der Waals surface area (Å²) in [5, 5.41) is 7.18. The van der Waals surface area contributed by atoms with Crippen molar-refractivity contribution in [3.05, 3.63) is 41.9 Å². The third-order valence-corrected chi connectivity index (χ3v) is 2.79. The highest BCUT2D eigenvalue weighted by molar-refractivity contribution is 6.29. The fraction of sp³-hybridized carbons (Fsp3) is 0. The first-order valence-electron chi connectivity index (χ1n) is 5.25. The van der Waals surface area contributed by atoms with Crippen molar-refractivity contribution in [1.29, 1.82) is 0 Å². The molecule has 0 aliphatic carbocycles. The van der Waals surface area contributed by atoms with Crippen molar-refractivity contribution in [2.75, 3.05) is 5.73 Å². The fourth-order valence-corrected chi connectivity index (χ4v) is 1.94. The molecule has 3 heterocycles. The molecule has 0 saturated heterocycles. The molecular formula is C12H9ClN4O. The minimum atomic E-state index is 0.318. The summed E-state index contributed by atoms with van der Waals surface area (Å²) in [6.07, 6.45) is 3.39. The Kier molecular flexibility index (Phi) is 2.53. The zero-order valence-corrected chi connectivity index (χ0v) is 9.98. The minimum Gasteiger partial charge on any atom is -0.443 e. The van der Waals surface area contributed by atoms with Crippen LogP contribution < -0.4 is 5.73 Å². The van der Waals surface area contributed by atoms with Gasteiger partial charge in [-0.3, -0.25) is 10.1 Å². The quantitative estimate of drug-likeness (QED) is 0.742. The van der Waals surface area contributed by atoms with E-state index in [-0.39, 0.29) is 0 Å². The summed E-state index contributed by atoms with van der Waals surface area (Å²) in [6, 6.07) is 7.15. The molecule has 0 fully saturated rings. The van der Waals surface area contributed by atoms with Crippen LogP contribution in [0.2, 0.25) is 5.22 Å². The van der Waals surface area contributed by atoms with Crippen LogP contribution in [0.3, 0.4) is 0 Å². The second-order valence-electron chi connectivity index (χ2n) is 3.70. The van der Waals surface area contributed by atoms with Crippen LogP contribution in [0.1, 0.15) is 0 Å². The maximum atomic E-state index is 5.88. The Morgan fingerprint density at radius 1 is 1.17 bits per heavy atom. The molecule has 0 spiro atoms. The van der Waals surface area contributed by atoms with E-state index in [0.29, 0.717) is 22.5 Å². The van der Waals surface area contributed by atoms with Crippen LogP contribution in [0.15, 0.2) is 41.1 Å². The highest BCUT2D eigenvalue weighted by atomic mass is 35.5. The van der Waals surface area contributed by atoms with Gasteiger partial charge in [0.25, 0.3) is 0 Å². The average molecular weight is 261 g/mol. The number of nitrogens with two attached hydrogens (primary N) is 1. The number of hydrogen-bond donors (Lipinski definition) is 2. The monoisotopic (exact) mass is 260 g/mol. The molecule has 0 atom stereocenters. The number of hydrogen-bond acceptors (Lipinski definition) is 4. The van der Waals surface area contributed by atoms with Crippen LogP contribution in [0.25, 0.3) is 22.6 Å². The van der Waals surface area contributed by atoms with E-state index in [1.54, 1.807) is 24.5 Å². The Balaban J connectivity index is 2.18. The minimum absolute atomic E-state index is 0.318. The lowest BCUT2D eigenvalue weighted by atomic mass is 10.1. The van der Waals surface area contributed by atoms with Crippen LogP contribution in [-0.4, -0.2) is 15.2 Å². The lowest BCUT2D eigenvalue weighted by Crippen LogP contribution is -1.88. The molecule has 3 rings (SSSR count). The maximum absolute atomic E-state index is 5.88. The molecule has 3 N–H and O–H groups in total. The second kappa shape index (κ2) is 4.19. The number of aromatic nitrogens is 3. The zero-order valence-electron chi connectivity index (χ0n) is 9.22. The van der Waals surface area contributed by atoms with Gasteiger partial charge >= 0.3 is 0 Å². The lowest BCUT2D eigenvalue weighted by Gasteiger charge is -2.01. The van der Waals surface area contributed by atoms with Crippen molar-refractivity contribution in [1.82, 2.24) is 15.2 Å². The van der Waals surface area contributed by atoms with Gasteiger partial charge in [0.2, 0.25) is 0 Å². The number of anilines is 1. The van der Waals surface area contributed by atoms with Gasteiger partial charge in [0.15, 0.2) is 16.8 Å². The molecule has 3 aromatic rings. The number of nitrogens with zero attached hydrogens (tertiary/aromatic N) is 2. The molecule has 90 valence electrons. The van der Waals surface area contributed by atoms with Crippen LogP contribution in [0.4, 0.5) is 5.82 Å². The van der Waals surface area contributed by atoms with Crippen LogP contribution in [0, 0.1) is 0 Å². The Labute approximate surface area is 108 Å². The van der Waals surface area contributed by atoms with Crippen LogP contribution in [0.5, 0.6) is 0 Å². The molecule has 0 aromatic carbocycles. The molecule has 0 aliphatic heterocycles. The van der Waals surface area contributed by atoms with Crippen molar-refractivity contribution >= 4 is 17.4 Å². The summed E-state index contributed by atoms with van der Waals surface area (Å²) in [7, 11) is 0. The first kappa shape index (κ1) is 10.9. The molecule has 0 aliphatic rings. The molecule has 0 saturated carbocycles. The second-order valence-corrected chi connectivity index (χ2v) is 4.07. The summed E-state index contributed by atoms with van der Waals surface area (Å²) in [5.41, 5.74) is 8.28. The Morgan fingerprint density at radius 3 is 2.61 bits per heavy atom. The third-order valence-electron chi connectivity index (χ3n) is 2.58. The van der Waals surface area contributed by atoms with Crippen molar-refractivity contribution in [3.63, 3.8) is 0 Å². The standard InChI is InChI=1S/C12H9ClN4O/c13-9-2-1-8(18-9)11-10(12(14)17-16-11)7-3-5-15-6-4-7/h1-6H,(H3,14,16,17). The van der Waals surface area contributed by atoms with Gasteiger partial charge in [0.1, 0.15) is 5.69 Å². The van der Waals surface area contributed by atoms with E-state index in [0.717, 1.165) is 11.1 Å². The molecule has 18 heavy (non-hydrogen) atoms. The van der Waals surface area contributed by atoms with Gasteiger partial charge in [0, 0.05) is 12.4 Å². The number of nitrogen functional groups attached to an aromatic ring is 1. The van der Waals surface area contributed by atoms with Gasteiger partial charge in [0.05, 0.1) is 5.56 Å². The summed E-state index contributed by atoms with van der Waals surface area (Å²) in [4.78, 5) is 3.98. The summed E-state index contributed by atoms with van der Waals surface area (Å²) < 4.78 is 5.37. The van der Waals surface area contributed by atoms with E-state index < -0.39 is 0 Å².